The number of amides is 1. The quantitative estimate of drug-likeness (QED) is 0.474. The van der Waals surface area contributed by atoms with E-state index in [4.69, 9.17) is 9.73 Å². The average molecular weight is 428 g/mol. The van der Waals surface area contributed by atoms with E-state index >= 15 is 0 Å². The first-order valence-electron chi connectivity index (χ1n) is 10.9. The summed E-state index contributed by atoms with van der Waals surface area (Å²) in [5, 5.41) is 9.29. The summed E-state index contributed by atoms with van der Waals surface area (Å²) >= 11 is 0. The number of nitrogens with one attached hydrogen (secondary N) is 3. The van der Waals surface area contributed by atoms with Crippen LogP contribution in [0.2, 0.25) is 0 Å². The molecule has 0 aromatic carbocycles. The number of rotatable bonds is 6. The third kappa shape index (κ3) is 6.93. The highest BCUT2D eigenvalue weighted by molar-refractivity contribution is 6.08. The Morgan fingerprint density at radius 1 is 1.45 bits per heavy atom. The Hall–Kier alpha value is -2.65. The number of aromatic nitrogens is 2. The first kappa shape index (κ1) is 23.0. The molecule has 3 rings (SSSR count). The van der Waals surface area contributed by atoms with Gasteiger partial charge in [0.1, 0.15) is 5.69 Å². The van der Waals surface area contributed by atoms with Crippen LogP contribution < -0.4 is 16.0 Å². The third-order valence-electron chi connectivity index (χ3n) is 5.72. The van der Waals surface area contributed by atoms with E-state index in [1.54, 1.807) is 12.3 Å². The molecule has 3 N–H and O–H groups in total. The van der Waals surface area contributed by atoms with E-state index in [0.29, 0.717) is 18.1 Å². The molecule has 2 saturated heterocycles. The molecule has 168 valence electrons. The second-order valence-electron chi connectivity index (χ2n) is 8.41. The summed E-state index contributed by atoms with van der Waals surface area (Å²) in [5.74, 6) is 1.37. The monoisotopic (exact) mass is 427 g/mol. The summed E-state index contributed by atoms with van der Waals surface area (Å²) in [6, 6.07) is 1.74. The highest BCUT2D eigenvalue weighted by Crippen LogP contribution is 2.29. The lowest BCUT2D eigenvalue weighted by atomic mass is 9.82. The average Bonchev–Trinajstić information content (AvgIpc) is 2.79. The van der Waals surface area contributed by atoms with Crippen LogP contribution in [0.3, 0.4) is 0 Å². The van der Waals surface area contributed by atoms with Crippen molar-refractivity contribution in [1.82, 2.24) is 20.6 Å². The van der Waals surface area contributed by atoms with Gasteiger partial charge in [-0.05, 0) is 50.6 Å². The molecule has 0 aliphatic carbocycles. The molecular formula is C22H33N7O2. The lowest BCUT2D eigenvalue weighted by Crippen LogP contribution is -2.37. The molecule has 0 spiro atoms. The van der Waals surface area contributed by atoms with E-state index in [1.807, 2.05) is 6.92 Å². The van der Waals surface area contributed by atoms with E-state index in [9.17, 15) is 4.79 Å². The van der Waals surface area contributed by atoms with Gasteiger partial charge in [0.25, 0.3) is 0 Å². The van der Waals surface area contributed by atoms with Gasteiger partial charge < -0.3 is 15.4 Å². The van der Waals surface area contributed by atoms with E-state index in [2.05, 4.69) is 44.4 Å². The molecule has 1 aromatic rings. The maximum absolute atomic E-state index is 12.5. The largest absolute Gasteiger partial charge is 0.381 e. The number of piperidine rings is 1. The van der Waals surface area contributed by atoms with Crippen molar-refractivity contribution in [1.29, 1.82) is 0 Å². The number of nitrogens with zero attached hydrogens (tertiary/aromatic N) is 4. The minimum atomic E-state index is -0.0682. The van der Waals surface area contributed by atoms with Crippen LogP contribution in [0.15, 0.2) is 35.0 Å². The van der Waals surface area contributed by atoms with Gasteiger partial charge in [0, 0.05) is 38.7 Å². The van der Waals surface area contributed by atoms with E-state index in [-0.39, 0.29) is 23.2 Å². The number of anilines is 1. The summed E-state index contributed by atoms with van der Waals surface area (Å²) in [7, 11) is 0. The number of carbonyl (C=O) groups excluding carboxylic acids is 1. The van der Waals surface area contributed by atoms with E-state index in [0.717, 1.165) is 57.8 Å². The topological polar surface area (TPSA) is 113 Å². The van der Waals surface area contributed by atoms with Crippen molar-refractivity contribution in [3.05, 3.63) is 30.7 Å². The second-order valence-corrected chi connectivity index (χ2v) is 8.41. The molecule has 2 fully saturated rings. The predicted molar refractivity (Wildman–Crippen MR) is 122 cm³/mol. The Kier molecular flexibility index (Phi) is 8.25. The third-order valence-corrected chi connectivity index (χ3v) is 5.72. The van der Waals surface area contributed by atoms with Gasteiger partial charge in [-0.15, -0.1) is 0 Å². The Labute approximate surface area is 183 Å². The molecule has 1 atom stereocenters. The lowest BCUT2D eigenvalue weighted by molar-refractivity contribution is -0.120. The van der Waals surface area contributed by atoms with Crippen molar-refractivity contribution in [2.24, 2.45) is 21.3 Å². The molecule has 2 aliphatic heterocycles. The Morgan fingerprint density at radius 2 is 2.26 bits per heavy atom. The van der Waals surface area contributed by atoms with Crippen LogP contribution in [-0.4, -0.2) is 60.4 Å². The van der Waals surface area contributed by atoms with Gasteiger partial charge in [0.15, 0.2) is 5.84 Å². The van der Waals surface area contributed by atoms with Gasteiger partial charge in [-0.25, -0.2) is 15.0 Å². The van der Waals surface area contributed by atoms with E-state index < -0.39 is 0 Å². The van der Waals surface area contributed by atoms with Crippen LogP contribution in [0.25, 0.3) is 0 Å². The first-order chi connectivity index (χ1) is 15.0. The van der Waals surface area contributed by atoms with Crippen molar-refractivity contribution in [3.8, 4) is 0 Å². The van der Waals surface area contributed by atoms with Gasteiger partial charge in [-0.1, -0.05) is 13.5 Å². The molecule has 2 aliphatic rings. The molecular weight excluding hydrogens is 394 g/mol. The van der Waals surface area contributed by atoms with E-state index in [1.165, 1.54) is 6.20 Å². The molecule has 9 heteroatoms. The molecule has 1 aromatic heterocycles. The highest BCUT2D eigenvalue weighted by Gasteiger charge is 2.27. The molecule has 9 nitrogen and oxygen atoms in total. The molecule has 0 saturated carbocycles. The van der Waals surface area contributed by atoms with Gasteiger partial charge >= 0.3 is 0 Å². The van der Waals surface area contributed by atoms with Crippen molar-refractivity contribution in [2.75, 3.05) is 38.2 Å². The zero-order valence-corrected chi connectivity index (χ0v) is 18.5. The number of hydrogen-bond acceptors (Lipinski definition) is 7. The Bertz CT molecular complexity index is 825. The number of hydrogen-bond donors (Lipinski definition) is 3. The second kappa shape index (κ2) is 11.1. The smallest absolute Gasteiger partial charge is 0.231 e. The predicted octanol–water partition coefficient (Wildman–Crippen LogP) is 2.13. The summed E-state index contributed by atoms with van der Waals surface area (Å²) in [6.45, 7) is 11.8. The Balaban J connectivity index is 1.65. The number of amidine groups is 2. The van der Waals surface area contributed by atoms with Gasteiger partial charge in [-0.2, -0.15) is 0 Å². The molecule has 1 unspecified atom stereocenters. The maximum Gasteiger partial charge on any atom is 0.231 e. The summed E-state index contributed by atoms with van der Waals surface area (Å²) in [4.78, 5) is 30.2. The van der Waals surface area contributed by atoms with Crippen LogP contribution in [0.1, 0.15) is 45.2 Å². The zero-order valence-electron chi connectivity index (χ0n) is 18.5. The van der Waals surface area contributed by atoms with Crippen LogP contribution in [-0.2, 0) is 9.53 Å². The standard InChI is InChI=1S/C22H33N7O2/c1-4-24-19(27-16(2)26-15-22(3)8-12-31-13-9-22)18-7-11-25-21(28-18)29-20(30)17-6-5-10-23-14-17/h4,7,11,17,23H,1,5-6,8-10,12-15H2,2-3H3,(H,24,26,27)(H,25,28,29,30). The summed E-state index contributed by atoms with van der Waals surface area (Å²) in [6.07, 6.45) is 6.91. The molecule has 1 amide bonds. The van der Waals surface area contributed by atoms with Gasteiger partial charge in [0.2, 0.25) is 11.9 Å². The molecule has 3 heterocycles. The molecule has 0 bridgehead atoms. The Morgan fingerprint density at radius 3 is 2.97 bits per heavy atom. The lowest BCUT2D eigenvalue weighted by Gasteiger charge is -2.32. The number of carbonyl (C=O) groups is 1. The fourth-order valence-corrected chi connectivity index (χ4v) is 3.64. The summed E-state index contributed by atoms with van der Waals surface area (Å²) < 4.78 is 5.46. The maximum atomic E-state index is 12.5. The van der Waals surface area contributed by atoms with Crippen molar-refractivity contribution < 1.29 is 9.53 Å². The van der Waals surface area contributed by atoms with Crippen molar-refractivity contribution in [3.63, 3.8) is 0 Å². The van der Waals surface area contributed by atoms with Crippen LogP contribution in [0.5, 0.6) is 0 Å². The van der Waals surface area contributed by atoms with Crippen molar-refractivity contribution >= 4 is 23.5 Å². The number of ether oxygens (including phenoxy) is 1. The minimum Gasteiger partial charge on any atom is -0.381 e. The fraction of sp³-hybridized carbons (Fsp3) is 0.591. The van der Waals surface area contributed by atoms with Gasteiger partial charge in [-0.3, -0.25) is 15.1 Å². The minimum absolute atomic E-state index is 0.0676. The zero-order chi connectivity index (χ0) is 22.1. The number of aliphatic imine (C=N–C) groups is 2. The first-order valence-corrected chi connectivity index (χ1v) is 10.9. The molecule has 31 heavy (non-hydrogen) atoms. The highest BCUT2D eigenvalue weighted by atomic mass is 16.5. The van der Waals surface area contributed by atoms with Gasteiger partial charge in [0.05, 0.1) is 11.8 Å². The fourth-order valence-electron chi connectivity index (χ4n) is 3.64. The SMILES string of the molecule is C=CN=C(NC(C)=NCC1(C)CCOCC1)c1ccnc(NC(=O)C2CCCNC2)n1. The molecule has 0 radical (unpaired) electrons. The normalized spacial score (nSPS) is 21.9. The van der Waals surface area contributed by atoms with Crippen LogP contribution in [0, 0.1) is 11.3 Å². The summed E-state index contributed by atoms with van der Waals surface area (Å²) in [5.41, 5.74) is 0.705. The van der Waals surface area contributed by atoms with Crippen molar-refractivity contribution in [2.45, 2.75) is 39.5 Å². The van der Waals surface area contributed by atoms with Crippen LogP contribution in [0.4, 0.5) is 5.95 Å². The van der Waals surface area contributed by atoms with Crippen LogP contribution >= 0.6 is 0 Å².